The summed E-state index contributed by atoms with van der Waals surface area (Å²) in [6.45, 7) is 4.20. The number of hydrogen-bond donors (Lipinski definition) is 2. The van der Waals surface area contributed by atoms with E-state index in [0.717, 1.165) is 27.5 Å². The number of carbonyl (C=O) groups is 1. The molecular weight excluding hydrogens is 432 g/mol. The van der Waals surface area contributed by atoms with Gasteiger partial charge in [0.2, 0.25) is 5.91 Å². The summed E-state index contributed by atoms with van der Waals surface area (Å²) in [4.78, 5) is 14.8. The standard InChI is InChI=1S/C28H25ClN2O2/c1-18(20-9-12-24(32)13-10-20)25-17-23(29)11-14-27(25)31(2)28(33)26(30)16-19-7-8-21-5-3-4-6-22(21)15-19/h3-15,17,26,32H,1,16,30H2,2H3. The number of fused-ring (bicyclic) bond motifs is 1. The van der Waals surface area contributed by atoms with Gasteiger partial charge in [0.25, 0.3) is 0 Å². The van der Waals surface area contributed by atoms with E-state index in [4.69, 9.17) is 17.3 Å². The van der Waals surface area contributed by atoms with Crippen LogP contribution in [0.3, 0.4) is 0 Å². The van der Waals surface area contributed by atoms with Gasteiger partial charge >= 0.3 is 0 Å². The van der Waals surface area contributed by atoms with E-state index in [2.05, 4.69) is 18.7 Å². The number of nitrogens with two attached hydrogens (primary N) is 1. The SMILES string of the molecule is C=C(c1ccc(O)cc1)c1cc(Cl)ccc1N(C)C(=O)C(N)Cc1ccc2ccccc2c1. The lowest BCUT2D eigenvalue weighted by Gasteiger charge is -2.25. The maximum absolute atomic E-state index is 13.3. The average molecular weight is 457 g/mol. The molecule has 5 heteroatoms. The van der Waals surface area contributed by atoms with Crippen molar-refractivity contribution in [3.63, 3.8) is 0 Å². The van der Waals surface area contributed by atoms with Crippen molar-refractivity contribution in [1.29, 1.82) is 0 Å². The molecule has 4 aromatic rings. The number of amides is 1. The van der Waals surface area contributed by atoms with Gasteiger partial charge < -0.3 is 15.7 Å². The van der Waals surface area contributed by atoms with E-state index in [-0.39, 0.29) is 11.7 Å². The second kappa shape index (κ2) is 9.49. The zero-order valence-corrected chi connectivity index (χ0v) is 19.1. The number of phenolic OH excluding ortho intramolecular Hbond substituents is 1. The normalized spacial score (nSPS) is 11.8. The molecule has 0 saturated carbocycles. The molecule has 3 N–H and O–H groups in total. The van der Waals surface area contributed by atoms with Crippen molar-refractivity contribution < 1.29 is 9.90 Å². The first-order valence-corrected chi connectivity index (χ1v) is 11.0. The van der Waals surface area contributed by atoms with Crippen LogP contribution in [-0.4, -0.2) is 24.1 Å². The Hall–Kier alpha value is -3.60. The van der Waals surface area contributed by atoms with Gasteiger partial charge in [0.15, 0.2) is 0 Å². The van der Waals surface area contributed by atoms with Crippen LogP contribution in [0.25, 0.3) is 16.3 Å². The van der Waals surface area contributed by atoms with Crippen LogP contribution in [0.2, 0.25) is 5.02 Å². The fraction of sp³-hybridized carbons (Fsp3) is 0.107. The van der Waals surface area contributed by atoms with Crippen molar-refractivity contribution in [1.82, 2.24) is 0 Å². The van der Waals surface area contributed by atoms with E-state index < -0.39 is 6.04 Å². The number of carbonyl (C=O) groups excluding carboxylic acids is 1. The molecule has 4 rings (SSSR count). The van der Waals surface area contributed by atoms with Gasteiger partial charge in [-0.1, -0.05) is 72.8 Å². The van der Waals surface area contributed by atoms with Gasteiger partial charge in [0.05, 0.1) is 11.7 Å². The Labute approximate surface area is 198 Å². The Morgan fingerprint density at radius 1 is 1.00 bits per heavy atom. The first-order valence-electron chi connectivity index (χ1n) is 10.6. The van der Waals surface area contributed by atoms with Crippen LogP contribution in [0.5, 0.6) is 5.75 Å². The van der Waals surface area contributed by atoms with Crippen LogP contribution in [0.1, 0.15) is 16.7 Å². The largest absolute Gasteiger partial charge is 0.508 e. The number of aromatic hydroxyl groups is 1. The first kappa shape index (κ1) is 22.6. The van der Waals surface area contributed by atoms with E-state index in [1.54, 1.807) is 54.4 Å². The molecule has 0 aliphatic heterocycles. The molecule has 1 atom stereocenters. The highest BCUT2D eigenvalue weighted by molar-refractivity contribution is 6.31. The topological polar surface area (TPSA) is 66.6 Å². The molecule has 1 amide bonds. The Morgan fingerprint density at radius 2 is 1.70 bits per heavy atom. The van der Waals surface area contributed by atoms with Gasteiger partial charge in [0, 0.05) is 17.6 Å². The molecule has 0 aliphatic rings. The lowest BCUT2D eigenvalue weighted by Crippen LogP contribution is -2.43. The number of phenols is 1. The molecule has 0 radical (unpaired) electrons. The third-order valence-corrected chi connectivity index (χ3v) is 6.01. The number of anilines is 1. The van der Waals surface area contributed by atoms with Crippen LogP contribution in [-0.2, 0) is 11.2 Å². The fourth-order valence-electron chi connectivity index (χ4n) is 3.94. The fourth-order valence-corrected chi connectivity index (χ4v) is 4.11. The average Bonchev–Trinajstić information content (AvgIpc) is 2.83. The molecule has 4 nitrogen and oxygen atoms in total. The maximum atomic E-state index is 13.3. The molecule has 0 saturated heterocycles. The van der Waals surface area contributed by atoms with Crippen LogP contribution < -0.4 is 10.6 Å². The smallest absolute Gasteiger partial charge is 0.243 e. The van der Waals surface area contributed by atoms with Crippen LogP contribution >= 0.6 is 11.6 Å². The lowest BCUT2D eigenvalue weighted by atomic mass is 9.96. The Morgan fingerprint density at radius 3 is 2.42 bits per heavy atom. The highest BCUT2D eigenvalue weighted by Crippen LogP contribution is 2.33. The van der Waals surface area contributed by atoms with Crippen molar-refractivity contribution >= 4 is 39.5 Å². The number of likely N-dealkylation sites (N-methyl/N-ethyl adjacent to an activating group) is 1. The van der Waals surface area contributed by atoms with E-state index in [9.17, 15) is 9.90 Å². The minimum atomic E-state index is -0.707. The summed E-state index contributed by atoms with van der Waals surface area (Å²) in [5, 5.41) is 12.4. The second-order valence-corrected chi connectivity index (χ2v) is 8.51. The summed E-state index contributed by atoms with van der Waals surface area (Å²) in [6, 6.07) is 25.6. The van der Waals surface area contributed by atoms with Gasteiger partial charge in [0.1, 0.15) is 5.75 Å². The van der Waals surface area contributed by atoms with Gasteiger partial charge in [-0.3, -0.25) is 4.79 Å². The Kier molecular flexibility index (Phi) is 6.50. The summed E-state index contributed by atoms with van der Waals surface area (Å²) in [5.74, 6) is -0.0323. The summed E-state index contributed by atoms with van der Waals surface area (Å²) in [5.41, 5.74) is 10.2. The minimum absolute atomic E-state index is 0.171. The Balaban J connectivity index is 1.58. The van der Waals surface area contributed by atoms with Crippen molar-refractivity contribution in [3.05, 3.63) is 113 Å². The number of halogens is 1. The van der Waals surface area contributed by atoms with Crippen molar-refractivity contribution in [3.8, 4) is 5.75 Å². The van der Waals surface area contributed by atoms with Gasteiger partial charge in [-0.05, 0) is 64.2 Å². The molecule has 33 heavy (non-hydrogen) atoms. The molecule has 0 aliphatic carbocycles. The summed E-state index contributed by atoms with van der Waals surface area (Å²) < 4.78 is 0. The molecule has 1 unspecified atom stereocenters. The van der Waals surface area contributed by atoms with Crippen molar-refractivity contribution in [2.45, 2.75) is 12.5 Å². The Bertz CT molecular complexity index is 1330. The van der Waals surface area contributed by atoms with Crippen LogP contribution in [0.15, 0.2) is 91.5 Å². The predicted octanol–water partition coefficient (Wildman–Crippen LogP) is 5.79. The quantitative estimate of drug-likeness (QED) is 0.385. The molecule has 0 fully saturated rings. The number of nitrogens with zero attached hydrogens (tertiary/aromatic N) is 1. The molecule has 0 heterocycles. The minimum Gasteiger partial charge on any atom is -0.508 e. The van der Waals surface area contributed by atoms with Crippen LogP contribution in [0.4, 0.5) is 5.69 Å². The molecule has 0 spiro atoms. The number of hydrogen-bond acceptors (Lipinski definition) is 3. The molecule has 0 aromatic heterocycles. The lowest BCUT2D eigenvalue weighted by molar-refractivity contribution is -0.119. The summed E-state index contributed by atoms with van der Waals surface area (Å²) in [6.07, 6.45) is 0.426. The van der Waals surface area contributed by atoms with E-state index in [0.29, 0.717) is 22.7 Å². The summed E-state index contributed by atoms with van der Waals surface area (Å²) in [7, 11) is 1.71. The van der Waals surface area contributed by atoms with Gasteiger partial charge in [-0.15, -0.1) is 0 Å². The molecule has 4 aromatic carbocycles. The zero-order chi connectivity index (χ0) is 23.5. The first-order chi connectivity index (χ1) is 15.8. The molecule has 0 bridgehead atoms. The molecule has 166 valence electrons. The van der Waals surface area contributed by atoms with Crippen molar-refractivity contribution in [2.75, 3.05) is 11.9 Å². The second-order valence-electron chi connectivity index (χ2n) is 8.08. The highest BCUT2D eigenvalue weighted by Gasteiger charge is 2.23. The maximum Gasteiger partial charge on any atom is 0.243 e. The monoisotopic (exact) mass is 456 g/mol. The van der Waals surface area contributed by atoms with Crippen molar-refractivity contribution in [2.24, 2.45) is 5.73 Å². The van der Waals surface area contributed by atoms with E-state index in [1.165, 1.54) is 0 Å². The summed E-state index contributed by atoms with van der Waals surface area (Å²) >= 11 is 6.27. The van der Waals surface area contributed by atoms with Gasteiger partial charge in [-0.2, -0.15) is 0 Å². The van der Waals surface area contributed by atoms with Crippen LogP contribution in [0, 0.1) is 0 Å². The molecular formula is C28H25ClN2O2. The third kappa shape index (κ3) is 4.92. The predicted molar refractivity (Wildman–Crippen MR) is 137 cm³/mol. The third-order valence-electron chi connectivity index (χ3n) is 5.78. The zero-order valence-electron chi connectivity index (χ0n) is 18.3. The number of benzene rings is 4. The van der Waals surface area contributed by atoms with E-state index in [1.807, 2.05) is 30.3 Å². The number of rotatable bonds is 6. The highest BCUT2D eigenvalue weighted by atomic mass is 35.5. The van der Waals surface area contributed by atoms with E-state index >= 15 is 0 Å². The van der Waals surface area contributed by atoms with Gasteiger partial charge in [-0.25, -0.2) is 0 Å².